The average Bonchev–Trinajstić information content (AvgIpc) is 3.13. The normalized spacial score (nSPS) is 16.1. The molecule has 2 aromatic heterocycles. The van der Waals surface area contributed by atoms with Crippen molar-refractivity contribution < 1.29 is 9.53 Å². The highest BCUT2D eigenvalue weighted by Gasteiger charge is 2.26. The van der Waals surface area contributed by atoms with Crippen molar-refractivity contribution in [1.29, 1.82) is 0 Å². The van der Waals surface area contributed by atoms with Crippen LogP contribution in [0.1, 0.15) is 29.4 Å². The standard InChI is InChI=1S/C21H24N4O2/c1-3-27-21(26)25-10-8-24(9-11-25)20-6-7-22-19-13-16(12-17(19)20)18-5-4-15(2)14-23-18/h4-7,12,14H,3,8-11,13H2,1-2H3. The van der Waals surface area contributed by atoms with Crippen molar-refractivity contribution in [2.45, 2.75) is 20.3 Å². The molecule has 27 heavy (non-hydrogen) atoms. The minimum atomic E-state index is -0.218. The Balaban J connectivity index is 1.53. The van der Waals surface area contributed by atoms with Gasteiger partial charge in [0.15, 0.2) is 0 Å². The van der Waals surface area contributed by atoms with Gasteiger partial charge in [-0.2, -0.15) is 0 Å². The predicted octanol–water partition coefficient (Wildman–Crippen LogP) is 3.16. The molecule has 6 nitrogen and oxygen atoms in total. The maximum atomic E-state index is 11.9. The van der Waals surface area contributed by atoms with Crippen LogP contribution in [0.2, 0.25) is 0 Å². The second-order valence-corrected chi connectivity index (χ2v) is 6.93. The van der Waals surface area contributed by atoms with E-state index in [9.17, 15) is 4.79 Å². The minimum absolute atomic E-state index is 0.218. The molecule has 0 aromatic carbocycles. The molecule has 0 bridgehead atoms. The van der Waals surface area contributed by atoms with Crippen LogP contribution < -0.4 is 4.90 Å². The van der Waals surface area contributed by atoms with Crippen LogP contribution >= 0.6 is 0 Å². The van der Waals surface area contributed by atoms with Crippen LogP contribution in [-0.2, 0) is 11.2 Å². The second kappa shape index (κ2) is 7.39. The highest BCUT2D eigenvalue weighted by atomic mass is 16.6. The first-order valence-electron chi connectivity index (χ1n) is 9.44. The topological polar surface area (TPSA) is 58.6 Å². The first-order chi connectivity index (χ1) is 13.2. The van der Waals surface area contributed by atoms with Gasteiger partial charge in [-0.05, 0) is 43.2 Å². The van der Waals surface area contributed by atoms with Gasteiger partial charge in [-0.15, -0.1) is 0 Å². The number of hydrogen-bond acceptors (Lipinski definition) is 5. The molecule has 0 radical (unpaired) electrons. The van der Waals surface area contributed by atoms with E-state index in [2.05, 4.69) is 39.1 Å². The maximum Gasteiger partial charge on any atom is 0.409 e. The number of piperazine rings is 1. The number of fused-ring (bicyclic) bond motifs is 1. The first-order valence-corrected chi connectivity index (χ1v) is 9.44. The number of anilines is 1. The Bertz CT molecular complexity index is 868. The van der Waals surface area contributed by atoms with E-state index in [0.29, 0.717) is 19.7 Å². The number of allylic oxidation sites excluding steroid dienone is 1. The Morgan fingerprint density at radius 2 is 1.96 bits per heavy atom. The Hall–Kier alpha value is -2.89. The summed E-state index contributed by atoms with van der Waals surface area (Å²) < 4.78 is 5.11. The summed E-state index contributed by atoms with van der Waals surface area (Å²) in [6.45, 7) is 7.23. The smallest absolute Gasteiger partial charge is 0.409 e. The molecule has 140 valence electrons. The van der Waals surface area contributed by atoms with Crippen LogP contribution in [0.15, 0.2) is 30.6 Å². The summed E-state index contributed by atoms with van der Waals surface area (Å²) in [5.41, 5.74) is 6.84. The third kappa shape index (κ3) is 3.52. The molecule has 0 N–H and O–H groups in total. The Morgan fingerprint density at radius 3 is 2.67 bits per heavy atom. The molecule has 0 atom stereocenters. The fourth-order valence-electron chi connectivity index (χ4n) is 3.65. The lowest BCUT2D eigenvalue weighted by Crippen LogP contribution is -2.49. The fourth-order valence-corrected chi connectivity index (χ4v) is 3.65. The van der Waals surface area contributed by atoms with Gasteiger partial charge < -0.3 is 14.5 Å². The van der Waals surface area contributed by atoms with Gasteiger partial charge in [-0.3, -0.25) is 9.97 Å². The molecule has 4 rings (SSSR count). The highest BCUT2D eigenvalue weighted by molar-refractivity contribution is 5.91. The molecule has 1 fully saturated rings. The lowest BCUT2D eigenvalue weighted by Gasteiger charge is -2.36. The molecule has 0 saturated carbocycles. The van der Waals surface area contributed by atoms with E-state index >= 15 is 0 Å². The molecular weight excluding hydrogens is 340 g/mol. The van der Waals surface area contributed by atoms with E-state index in [4.69, 9.17) is 4.74 Å². The summed E-state index contributed by atoms with van der Waals surface area (Å²) in [5.74, 6) is 0. The Morgan fingerprint density at radius 1 is 1.15 bits per heavy atom. The average molecular weight is 364 g/mol. The van der Waals surface area contributed by atoms with Crippen LogP contribution in [0, 0.1) is 6.92 Å². The van der Waals surface area contributed by atoms with Gasteiger partial charge in [0.05, 0.1) is 18.0 Å². The van der Waals surface area contributed by atoms with Gasteiger partial charge in [-0.25, -0.2) is 4.79 Å². The summed E-state index contributed by atoms with van der Waals surface area (Å²) in [6.07, 6.45) is 6.59. The van der Waals surface area contributed by atoms with E-state index in [1.54, 1.807) is 4.90 Å². The van der Waals surface area contributed by atoms with Crippen molar-refractivity contribution >= 4 is 23.4 Å². The molecule has 1 amide bonds. The SMILES string of the molecule is CCOC(=O)N1CCN(c2ccnc3c2C=C(c2ccc(C)cn2)C3)CC1. The van der Waals surface area contributed by atoms with Crippen LogP contribution in [0.5, 0.6) is 0 Å². The van der Waals surface area contributed by atoms with Crippen molar-refractivity contribution in [3.63, 3.8) is 0 Å². The number of hydrogen-bond donors (Lipinski definition) is 0. The number of carbonyl (C=O) groups is 1. The van der Waals surface area contributed by atoms with Crippen molar-refractivity contribution in [3.05, 3.63) is 53.1 Å². The third-order valence-corrected chi connectivity index (χ3v) is 5.11. The van der Waals surface area contributed by atoms with Crippen LogP contribution in [-0.4, -0.2) is 53.7 Å². The van der Waals surface area contributed by atoms with Gasteiger partial charge in [0.2, 0.25) is 0 Å². The number of rotatable bonds is 3. The van der Waals surface area contributed by atoms with E-state index in [1.165, 1.54) is 16.8 Å². The summed E-state index contributed by atoms with van der Waals surface area (Å²) in [4.78, 5) is 25.2. The quantitative estimate of drug-likeness (QED) is 0.837. The third-order valence-electron chi connectivity index (χ3n) is 5.11. The summed E-state index contributed by atoms with van der Waals surface area (Å²) in [5, 5.41) is 0. The van der Waals surface area contributed by atoms with Crippen LogP contribution in [0.3, 0.4) is 0 Å². The molecular formula is C21H24N4O2. The fraction of sp³-hybridized carbons (Fsp3) is 0.381. The molecule has 6 heteroatoms. The minimum Gasteiger partial charge on any atom is -0.450 e. The zero-order chi connectivity index (χ0) is 18.8. The van der Waals surface area contributed by atoms with Crippen LogP contribution in [0.4, 0.5) is 10.5 Å². The van der Waals surface area contributed by atoms with E-state index in [0.717, 1.165) is 36.5 Å². The van der Waals surface area contributed by atoms with Gasteiger partial charge in [0.1, 0.15) is 0 Å². The van der Waals surface area contributed by atoms with E-state index in [1.807, 2.05) is 26.2 Å². The number of amides is 1. The monoisotopic (exact) mass is 364 g/mol. The summed E-state index contributed by atoms with van der Waals surface area (Å²) in [6, 6.07) is 6.24. The Labute approximate surface area is 159 Å². The largest absolute Gasteiger partial charge is 0.450 e. The molecule has 1 aliphatic heterocycles. The number of pyridine rings is 2. The van der Waals surface area contributed by atoms with Crippen molar-refractivity contribution in [1.82, 2.24) is 14.9 Å². The number of nitrogens with zero attached hydrogens (tertiary/aromatic N) is 4. The van der Waals surface area contributed by atoms with Crippen LogP contribution in [0.25, 0.3) is 11.6 Å². The van der Waals surface area contributed by atoms with Gasteiger partial charge in [0.25, 0.3) is 0 Å². The molecule has 2 aliphatic rings. The lowest BCUT2D eigenvalue weighted by molar-refractivity contribution is 0.105. The Kier molecular flexibility index (Phi) is 4.79. The summed E-state index contributed by atoms with van der Waals surface area (Å²) >= 11 is 0. The second-order valence-electron chi connectivity index (χ2n) is 6.93. The molecule has 2 aromatic rings. The van der Waals surface area contributed by atoms with Gasteiger partial charge in [0, 0.05) is 56.2 Å². The number of ether oxygens (including phenoxy) is 1. The molecule has 0 spiro atoms. The zero-order valence-corrected chi connectivity index (χ0v) is 15.8. The molecule has 1 saturated heterocycles. The van der Waals surface area contributed by atoms with E-state index < -0.39 is 0 Å². The summed E-state index contributed by atoms with van der Waals surface area (Å²) in [7, 11) is 0. The number of aryl methyl sites for hydroxylation is 1. The van der Waals surface area contributed by atoms with Crippen molar-refractivity contribution in [2.75, 3.05) is 37.7 Å². The molecule has 1 aliphatic carbocycles. The lowest BCUT2D eigenvalue weighted by atomic mass is 10.1. The molecule has 3 heterocycles. The van der Waals surface area contributed by atoms with Crippen molar-refractivity contribution in [2.24, 2.45) is 0 Å². The zero-order valence-electron chi connectivity index (χ0n) is 15.8. The number of aromatic nitrogens is 2. The first kappa shape index (κ1) is 17.5. The maximum absolute atomic E-state index is 11.9. The van der Waals surface area contributed by atoms with E-state index in [-0.39, 0.29) is 6.09 Å². The molecule has 0 unspecified atom stereocenters. The highest BCUT2D eigenvalue weighted by Crippen LogP contribution is 2.35. The predicted molar refractivity (Wildman–Crippen MR) is 106 cm³/mol. The van der Waals surface area contributed by atoms with Gasteiger partial charge >= 0.3 is 6.09 Å². The van der Waals surface area contributed by atoms with Crippen molar-refractivity contribution in [3.8, 4) is 0 Å². The number of carbonyl (C=O) groups excluding carboxylic acids is 1. The van der Waals surface area contributed by atoms with Gasteiger partial charge in [-0.1, -0.05) is 6.07 Å².